The third kappa shape index (κ3) is 3.56. The zero-order chi connectivity index (χ0) is 15.2. The fourth-order valence-electron chi connectivity index (χ4n) is 2.15. The molecule has 0 radical (unpaired) electrons. The molecule has 0 saturated heterocycles. The Balaban J connectivity index is 2.09. The average Bonchev–Trinajstić information content (AvgIpc) is 2.53. The van der Waals surface area contributed by atoms with Crippen LogP contribution in [0.15, 0.2) is 36.5 Å². The minimum atomic E-state index is -0.259. The van der Waals surface area contributed by atoms with Crippen LogP contribution in [0.1, 0.15) is 23.2 Å². The highest BCUT2D eigenvalue weighted by atomic mass is 16.5. The van der Waals surface area contributed by atoms with Crippen LogP contribution in [0.4, 0.5) is 0 Å². The molecule has 0 N–H and O–H groups in total. The first kappa shape index (κ1) is 15.0. The summed E-state index contributed by atoms with van der Waals surface area (Å²) >= 11 is 0. The summed E-state index contributed by atoms with van der Waals surface area (Å²) in [5, 5.41) is 0.838. The van der Waals surface area contributed by atoms with E-state index in [1.165, 1.54) is 7.11 Å². The number of hydrogen-bond acceptors (Lipinski definition) is 4. The minimum absolute atomic E-state index is 0.0709. The number of benzene rings is 1. The number of methoxy groups -OCH3 is 1. The summed E-state index contributed by atoms with van der Waals surface area (Å²) in [6, 6.07) is 9.27. The molecule has 1 aromatic carbocycles. The Morgan fingerprint density at radius 3 is 2.76 bits per heavy atom. The molecule has 0 saturated carbocycles. The Kier molecular flexibility index (Phi) is 4.87. The van der Waals surface area contributed by atoms with Crippen LogP contribution < -0.4 is 0 Å². The lowest BCUT2D eigenvalue weighted by atomic mass is 10.1. The van der Waals surface area contributed by atoms with Gasteiger partial charge in [0, 0.05) is 31.6 Å². The smallest absolute Gasteiger partial charge is 0.305 e. The normalized spacial score (nSPS) is 10.4. The number of nitrogens with zero attached hydrogens (tertiary/aromatic N) is 2. The maximum Gasteiger partial charge on any atom is 0.305 e. The summed E-state index contributed by atoms with van der Waals surface area (Å²) in [5.41, 5.74) is 1.42. The molecule has 5 heteroatoms. The van der Waals surface area contributed by atoms with Crippen LogP contribution in [-0.2, 0) is 9.53 Å². The lowest BCUT2D eigenvalue weighted by Crippen LogP contribution is -2.28. The number of fused-ring (bicyclic) bond motifs is 1. The van der Waals surface area contributed by atoms with Crippen molar-refractivity contribution in [2.24, 2.45) is 0 Å². The van der Waals surface area contributed by atoms with E-state index in [0.29, 0.717) is 24.9 Å². The van der Waals surface area contributed by atoms with E-state index in [9.17, 15) is 9.59 Å². The molecule has 1 heterocycles. The number of carbonyl (C=O) groups excluding carboxylic acids is 2. The molecule has 0 aliphatic heterocycles. The van der Waals surface area contributed by atoms with Gasteiger partial charge < -0.3 is 9.64 Å². The zero-order valence-electron chi connectivity index (χ0n) is 12.2. The summed E-state index contributed by atoms with van der Waals surface area (Å²) in [6.07, 6.45) is 2.53. The van der Waals surface area contributed by atoms with Crippen LogP contribution in [0.3, 0.4) is 0 Å². The largest absolute Gasteiger partial charge is 0.469 e. The van der Waals surface area contributed by atoms with Crippen LogP contribution in [0.2, 0.25) is 0 Å². The van der Waals surface area contributed by atoms with E-state index in [0.717, 1.165) is 10.9 Å². The molecule has 5 nitrogen and oxygen atoms in total. The van der Waals surface area contributed by atoms with Crippen molar-refractivity contribution in [3.8, 4) is 0 Å². The Hall–Kier alpha value is -2.43. The quantitative estimate of drug-likeness (QED) is 0.791. The number of aromatic nitrogens is 1. The van der Waals surface area contributed by atoms with E-state index < -0.39 is 0 Å². The van der Waals surface area contributed by atoms with Gasteiger partial charge in [0.05, 0.1) is 18.2 Å². The molecule has 0 bridgehead atoms. The monoisotopic (exact) mass is 286 g/mol. The topological polar surface area (TPSA) is 59.5 Å². The predicted molar refractivity (Wildman–Crippen MR) is 80.0 cm³/mol. The van der Waals surface area contributed by atoms with Gasteiger partial charge in [0.15, 0.2) is 0 Å². The third-order valence-electron chi connectivity index (χ3n) is 3.33. The SMILES string of the molecule is COC(=O)CCCN(C)C(=O)c1ccnc2ccccc12. The van der Waals surface area contributed by atoms with Gasteiger partial charge in [-0.15, -0.1) is 0 Å². The number of para-hydroxylation sites is 1. The number of rotatable bonds is 5. The van der Waals surface area contributed by atoms with Gasteiger partial charge in [0.25, 0.3) is 5.91 Å². The Labute approximate surface area is 123 Å². The molecule has 0 spiro atoms. The molecule has 21 heavy (non-hydrogen) atoms. The van der Waals surface area contributed by atoms with Crippen LogP contribution in [-0.4, -0.2) is 42.5 Å². The van der Waals surface area contributed by atoms with Crippen molar-refractivity contribution in [2.75, 3.05) is 20.7 Å². The van der Waals surface area contributed by atoms with Gasteiger partial charge in [-0.25, -0.2) is 0 Å². The number of hydrogen-bond donors (Lipinski definition) is 0. The molecule has 1 aromatic heterocycles. The molecule has 0 atom stereocenters. The molecular weight excluding hydrogens is 268 g/mol. The van der Waals surface area contributed by atoms with E-state index in [4.69, 9.17) is 0 Å². The lowest BCUT2D eigenvalue weighted by Gasteiger charge is -2.17. The van der Waals surface area contributed by atoms with Crippen molar-refractivity contribution >= 4 is 22.8 Å². The molecule has 2 rings (SSSR count). The predicted octanol–water partition coefficient (Wildman–Crippen LogP) is 2.26. The van der Waals surface area contributed by atoms with E-state index in [2.05, 4.69) is 9.72 Å². The second-order valence-corrected chi connectivity index (χ2v) is 4.78. The van der Waals surface area contributed by atoms with Crippen LogP contribution in [0.5, 0.6) is 0 Å². The highest BCUT2D eigenvalue weighted by Crippen LogP contribution is 2.17. The second-order valence-electron chi connectivity index (χ2n) is 4.78. The summed E-state index contributed by atoms with van der Waals surface area (Å²) in [4.78, 5) is 29.4. The highest BCUT2D eigenvalue weighted by molar-refractivity contribution is 6.05. The molecule has 0 unspecified atom stereocenters. The van der Waals surface area contributed by atoms with Gasteiger partial charge >= 0.3 is 5.97 Å². The van der Waals surface area contributed by atoms with Crippen molar-refractivity contribution in [2.45, 2.75) is 12.8 Å². The third-order valence-corrected chi connectivity index (χ3v) is 3.33. The van der Waals surface area contributed by atoms with Crippen molar-refractivity contribution in [1.29, 1.82) is 0 Å². The van der Waals surface area contributed by atoms with Gasteiger partial charge in [0.1, 0.15) is 0 Å². The number of carbonyl (C=O) groups is 2. The van der Waals surface area contributed by atoms with Crippen LogP contribution in [0.25, 0.3) is 10.9 Å². The first-order valence-electron chi connectivity index (χ1n) is 6.79. The molecule has 2 aromatic rings. The number of pyridine rings is 1. The van der Waals surface area contributed by atoms with Gasteiger partial charge in [-0.2, -0.15) is 0 Å². The Morgan fingerprint density at radius 1 is 1.24 bits per heavy atom. The average molecular weight is 286 g/mol. The van der Waals surface area contributed by atoms with Crippen molar-refractivity contribution in [3.63, 3.8) is 0 Å². The molecule has 0 aliphatic rings. The van der Waals surface area contributed by atoms with Crippen LogP contribution in [0, 0.1) is 0 Å². The fraction of sp³-hybridized carbons (Fsp3) is 0.312. The van der Waals surface area contributed by atoms with Crippen molar-refractivity contribution < 1.29 is 14.3 Å². The first-order chi connectivity index (χ1) is 10.1. The summed E-state index contributed by atoms with van der Waals surface area (Å²) < 4.78 is 4.58. The second kappa shape index (κ2) is 6.83. The summed E-state index contributed by atoms with van der Waals surface area (Å²) in [7, 11) is 3.09. The van der Waals surface area contributed by atoms with E-state index in [1.807, 2.05) is 24.3 Å². The van der Waals surface area contributed by atoms with Crippen molar-refractivity contribution in [1.82, 2.24) is 9.88 Å². The number of amides is 1. The molecule has 0 aliphatic carbocycles. The number of esters is 1. The van der Waals surface area contributed by atoms with E-state index in [-0.39, 0.29) is 11.9 Å². The number of ether oxygens (including phenoxy) is 1. The van der Waals surface area contributed by atoms with E-state index in [1.54, 1.807) is 24.2 Å². The van der Waals surface area contributed by atoms with Gasteiger partial charge in [-0.05, 0) is 18.6 Å². The fourth-order valence-corrected chi connectivity index (χ4v) is 2.15. The van der Waals surface area contributed by atoms with Gasteiger partial charge in [-0.3, -0.25) is 14.6 Å². The zero-order valence-corrected chi connectivity index (χ0v) is 12.2. The van der Waals surface area contributed by atoms with Gasteiger partial charge in [-0.1, -0.05) is 18.2 Å². The molecule has 110 valence electrons. The first-order valence-corrected chi connectivity index (χ1v) is 6.79. The van der Waals surface area contributed by atoms with E-state index >= 15 is 0 Å². The Morgan fingerprint density at radius 2 is 2.00 bits per heavy atom. The molecule has 1 amide bonds. The standard InChI is InChI=1S/C16H18N2O3/c1-18(11-5-8-15(19)21-2)16(20)13-9-10-17-14-7-4-3-6-12(13)14/h3-4,6-7,9-10H,5,8,11H2,1-2H3. The minimum Gasteiger partial charge on any atom is -0.469 e. The summed E-state index contributed by atoms with van der Waals surface area (Å²) in [6.45, 7) is 0.505. The lowest BCUT2D eigenvalue weighted by molar-refractivity contribution is -0.140. The van der Waals surface area contributed by atoms with Crippen molar-refractivity contribution in [3.05, 3.63) is 42.1 Å². The highest BCUT2D eigenvalue weighted by Gasteiger charge is 2.15. The maximum absolute atomic E-state index is 12.5. The maximum atomic E-state index is 12.5. The molecule has 0 fully saturated rings. The summed E-state index contributed by atoms with van der Waals surface area (Å²) in [5.74, 6) is -0.330. The Bertz CT molecular complexity index is 650. The molecular formula is C16H18N2O3. The van der Waals surface area contributed by atoms with Gasteiger partial charge in [0.2, 0.25) is 0 Å². The van der Waals surface area contributed by atoms with Crippen LogP contribution >= 0.6 is 0 Å².